The summed E-state index contributed by atoms with van der Waals surface area (Å²) in [5.41, 5.74) is 0. The molecule has 0 radical (unpaired) electrons. The predicted molar refractivity (Wildman–Crippen MR) is 53.4 cm³/mol. The van der Waals surface area contributed by atoms with Crippen molar-refractivity contribution in [1.82, 2.24) is 0 Å². The summed E-state index contributed by atoms with van der Waals surface area (Å²) < 4.78 is 5.14. The lowest BCUT2D eigenvalue weighted by molar-refractivity contribution is 0.143. The van der Waals surface area contributed by atoms with E-state index in [0.717, 1.165) is 13.2 Å². The van der Waals surface area contributed by atoms with Crippen LogP contribution in [-0.2, 0) is 4.74 Å². The molecule has 0 fully saturated rings. The summed E-state index contributed by atoms with van der Waals surface area (Å²) in [4.78, 5) is 0. The van der Waals surface area contributed by atoms with Crippen molar-refractivity contribution in [2.75, 3.05) is 13.2 Å². The van der Waals surface area contributed by atoms with E-state index in [1.807, 2.05) is 6.92 Å². The monoisotopic (exact) mass is 176 g/mol. The quantitative estimate of drug-likeness (QED) is 0.652. The fourth-order valence-electron chi connectivity index (χ4n) is 0.598. The van der Waals surface area contributed by atoms with Crippen molar-refractivity contribution in [3.8, 4) is 0 Å². The van der Waals surface area contributed by atoms with Crippen LogP contribution in [0, 0.1) is 0 Å². The first kappa shape index (κ1) is 14.4. The van der Waals surface area contributed by atoms with Crippen LogP contribution in [-0.4, -0.2) is 24.4 Å². The van der Waals surface area contributed by atoms with Crippen LogP contribution in [0.5, 0.6) is 0 Å². The highest BCUT2D eigenvalue weighted by Gasteiger charge is 1.82. The molecule has 0 aromatic heterocycles. The van der Waals surface area contributed by atoms with Crippen LogP contribution in [0.4, 0.5) is 0 Å². The third kappa shape index (κ3) is 32.6. The normalized spacial score (nSPS) is 9.50. The van der Waals surface area contributed by atoms with Gasteiger partial charge in [-0.25, -0.2) is 0 Å². The lowest BCUT2D eigenvalue weighted by atomic mass is 10.3. The summed E-state index contributed by atoms with van der Waals surface area (Å²) in [5, 5.41) is 8.06. The van der Waals surface area contributed by atoms with E-state index >= 15 is 0 Å². The van der Waals surface area contributed by atoms with Crippen molar-refractivity contribution < 1.29 is 9.84 Å². The number of hydrogen-bond acceptors (Lipinski definition) is 2. The van der Waals surface area contributed by atoms with Crippen molar-refractivity contribution in [1.29, 1.82) is 0 Å². The molecular formula is C10H24O2. The molecule has 0 aliphatic heterocycles. The fourth-order valence-corrected chi connectivity index (χ4v) is 0.598. The van der Waals surface area contributed by atoms with Gasteiger partial charge in [-0.3, -0.25) is 0 Å². The SMILES string of the molecule is CC(C)O.CCCCCOCC. The van der Waals surface area contributed by atoms with Crippen LogP contribution >= 0.6 is 0 Å². The lowest BCUT2D eigenvalue weighted by Crippen LogP contribution is -1.91. The van der Waals surface area contributed by atoms with E-state index in [2.05, 4.69) is 6.92 Å². The van der Waals surface area contributed by atoms with Gasteiger partial charge in [0.25, 0.3) is 0 Å². The van der Waals surface area contributed by atoms with E-state index in [4.69, 9.17) is 9.84 Å². The van der Waals surface area contributed by atoms with Crippen molar-refractivity contribution >= 4 is 0 Å². The average molecular weight is 176 g/mol. The Balaban J connectivity index is 0. The zero-order valence-corrected chi connectivity index (χ0v) is 8.97. The van der Waals surface area contributed by atoms with Crippen LogP contribution in [0.3, 0.4) is 0 Å². The van der Waals surface area contributed by atoms with E-state index in [0.29, 0.717) is 0 Å². The molecule has 0 aliphatic carbocycles. The van der Waals surface area contributed by atoms with Gasteiger partial charge in [-0.15, -0.1) is 0 Å². The van der Waals surface area contributed by atoms with E-state index in [-0.39, 0.29) is 6.10 Å². The van der Waals surface area contributed by atoms with Gasteiger partial charge in [-0.1, -0.05) is 19.8 Å². The minimum atomic E-state index is -0.167. The molecule has 12 heavy (non-hydrogen) atoms. The number of ether oxygens (including phenoxy) is 1. The first-order valence-electron chi connectivity index (χ1n) is 4.90. The van der Waals surface area contributed by atoms with E-state index in [1.165, 1.54) is 19.3 Å². The van der Waals surface area contributed by atoms with Gasteiger partial charge in [0.15, 0.2) is 0 Å². The number of aliphatic hydroxyl groups excluding tert-OH is 1. The topological polar surface area (TPSA) is 29.5 Å². The second-order valence-corrected chi connectivity index (χ2v) is 3.00. The summed E-state index contributed by atoms with van der Waals surface area (Å²) in [6.45, 7) is 9.49. The maximum atomic E-state index is 8.06. The molecule has 0 aromatic rings. The molecule has 2 nitrogen and oxygen atoms in total. The standard InChI is InChI=1S/C7H16O.C3H8O/c1-3-5-6-7-8-4-2;1-3(2)4/h3-7H2,1-2H3;3-4H,1-2H3. The minimum Gasteiger partial charge on any atom is -0.394 e. The van der Waals surface area contributed by atoms with Crippen molar-refractivity contribution in [2.45, 2.75) is 53.1 Å². The molecule has 0 aliphatic rings. The Morgan fingerprint density at radius 3 is 2.00 bits per heavy atom. The van der Waals surface area contributed by atoms with Crippen LogP contribution in [0.15, 0.2) is 0 Å². The van der Waals surface area contributed by atoms with E-state index in [9.17, 15) is 0 Å². The molecule has 76 valence electrons. The minimum absolute atomic E-state index is 0.167. The molecule has 0 bridgehead atoms. The zero-order valence-electron chi connectivity index (χ0n) is 8.97. The van der Waals surface area contributed by atoms with Crippen LogP contribution in [0.2, 0.25) is 0 Å². The van der Waals surface area contributed by atoms with Crippen LogP contribution in [0.25, 0.3) is 0 Å². The van der Waals surface area contributed by atoms with E-state index in [1.54, 1.807) is 13.8 Å². The van der Waals surface area contributed by atoms with Gasteiger partial charge in [0.1, 0.15) is 0 Å². The third-order valence-corrected chi connectivity index (χ3v) is 1.10. The summed E-state index contributed by atoms with van der Waals surface area (Å²) in [7, 11) is 0. The zero-order chi connectivity index (χ0) is 9.82. The Kier molecular flexibility index (Phi) is 16.3. The van der Waals surface area contributed by atoms with Gasteiger partial charge in [-0.2, -0.15) is 0 Å². The lowest BCUT2D eigenvalue weighted by Gasteiger charge is -1.96. The summed E-state index contributed by atoms with van der Waals surface area (Å²) >= 11 is 0. The van der Waals surface area contributed by atoms with Crippen molar-refractivity contribution in [3.05, 3.63) is 0 Å². The Morgan fingerprint density at radius 1 is 1.17 bits per heavy atom. The first-order chi connectivity index (χ1) is 5.65. The molecule has 0 aromatic carbocycles. The van der Waals surface area contributed by atoms with Gasteiger partial charge in [0, 0.05) is 19.3 Å². The molecule has 1 N–H and O–H groups in total. The fraction of sp³-hybridized carbons (Fsp3) is 1.00. The Morgan fingerprint density at radius 2 is 1.67 bits per heavy atom. The summed E-state index contributed by atoms with van der Waals surface area (Å²) in [5.74, 6) is 0. The number of aliphatic hydroxyl groups is 1. The third-order valence-electron chi connectivity index (χ3n) is 1.10. The molecule has 0 unspecified atom stereocenters. The molecule has 0 atom stereocenters. The highest BCUT2D eigenvalue weighted by molar-refractivity contribution is 4.34. The molecule has 0 spiro atoms. The molecule has 0 rings (SSSR count). The Bertz CT molecular complexity index is 54.1. The predicted octanol–water partition coefficient (Wildman–Crippen LogP) is 2.60. The Hall–Kier alpha value is -0.0800. The second kappa shape index (κ2) is 13.5. The largest absolute Gasteiger partial charge is 0.394 e. The smallest absolute Gasteiger partial charge is 0.0483 e. The molecule has 0 saturated carbocycles. The maximum absolute atomic E-state index is 8.06. The van der Waals surface area contributed by atoms with Gasteiger partial charge >= 0.3 is 0 Å². The molecule has 0 heterocycles. The highest BCUT2D eigenvalue weighted by Crippen LogP contribution is 1.92. The second-order valence-electron chi connectivity index (χ2n) is 3.00. The highest BCUT2D eigenvalue weighted by atomic mass is 16.5. The average Bonchev–Trinajstić information content (AvgIpc) is 1.97. The summed E-state index contributed by atoms with van der Waals surface area (Å²) in [6.07, 6.45) is 3.65. The van der Waals surface area contributed by atoms with Gasteiger partial charge < -0.3 is 9.84 Å². The maximum Gasteiger partial charge on any atom is 0.0483 e. The first-order valence-corrected chi connectivity index (χ1v) is 4.90. The van der Waals surface area contributed by atoms with Crippen molar-refractivity contribution in [3.63, 3.8) is 0 Å². The summed E-state index contributed by atoms with van der Waals surface area (Å²) in [6, 6.07) is 0. The molecule has 2 heteroatoms. The molecule has 0 amide bonds. The molecule has 0 saturated heterocycles. The molecular weight excluding hydrogens is 152 g/mol. The van der Waals surface area contributed by atoms with Crippen LogP contribution < -0.4 is 0 Å². The number of rotatable bonds is 5. The van der Waals surface area contributed by atoms with Gasteiger partial charge in [0.05, 0.1) is 0 Å². The van der Waals surface area contributed by atoms with Crippen LogP contribution in [0.1, 0.15) is 47.0 Å². The van der Waals surface area contributed by atoms with Gasteiger partial charge in [-0.05, 0) is 27.2 Å². The number of hydrogen-bond donors (Lipinski definition) is 1. The Labute approximate surface area is 76.9 Å². The number of unbranched alkanes of at least 4 members (excludes halogenated alkanes) is 2. The van der Waals surface area contributed by atoms with Crippen molar-refractivity contribution in [2.24, 2.45) is 0 Å². The van der Waals surface area contributed by atoms with E-state index < -0.39 is 0 Å². The van der Waals surface area contributed by atoms with Gasteiger partial charge in [0.2, 0.25) is 0 Å².